The van der Waals surface area contributed by atoms with Crippen molar-refractivity contribution >= 4 is 0 Å². The molecule has 4 atom stereocenters. The molecule has 0 aromatic carbocycles. The van der Waals surface area contributed by atoms with Crippen LogP contribution < -0.4 is 5.73 Å². The molecule has 4 unspecified atom stereocenters. The van der Waals surface area contributed by atoms with Crippen molar-refractivity contribution in [2.45, 2.75) is 100 Å². The second kappa shape index (κ2) is 5.26. The van der Waals surface area contributed by atoms with Gasteiger partial charge in [-0.15, -0.1) is 0 Å². The summed E-state index contributed by atoms with van der Waals surface area (Å²) in [6.07, 6.45) is 14.0. The average molecular weight is 277 g/mol. The van der Waals surface area contributed by atoms with Crippen molar-refractivity contribution in [1.82, 2.24) is 9.80 Å². The van der Waals surface area contributed by atoms with Crippen LogP contribution in [0.2, 0.25) is 0 Å². The van der Waals surface area contributed by atoms with E-state index in [0.717, 1.165) is 30.2 Å². The Morgan fingerprint density at radius 2 is 1.20 bits per heavy atom. The van der Waals surface area contributed by atoms with Crippen molar-refractivity contribution in [3.8, 4) is 0 Å². The van der Waals surface area contributed by atoms with Gasteiger partial charge in [0.25, 0.3) is 0 Å². The third-order valence-electron chi connectivity index (χ3n) is 6.80. The maximum atomic E-state index is 6.30. The minimum absolute atomic E-state index is 0.479. The van der Waals surface area contributed by atoms with Gasteiger partial charge in [-0.3, -0.25) is 4.90 Å². The quantitative estimate of drug-likeness (QED) is 0.798. The van der Waals surface area contributed by atoms with Gasteiger partial charge in [-0.05, 0) is 58.4 Å². The Morgan fingerprint density at radius 3 is 1.75 bits per heavy atom. The van der Waals surface area contributed by atoms with Crippen LogP contribution in [0.3, 0.4) is 0 Å². The van der Waals surface area contributed by atoms with Crippen molar-refractivity contribution in [1.29, 1.82) is 0 Å². The minimum Gasteiger partial charge on any atom is -0.328 e. The SMILES string of the molecule is CN1C2CCCC1CC(N1C3CCCC1CC(N)C3)C2. The maximum Gasteiger partial charge on any atom is 0.0131 e. The summed E-state index contributed by atoms with van der Waals surface area (Å²) in [6.45, 7) is 0. The number of fused-ring (bicyclic) bond motifs is 4. The zero-order valence-electron chi connectivity index (χ0n) is 13.0. The third-order valence-corrected chi connectivity index (χ3v) is 6.80. The molecule has 0 aromatic rings. The van der Waals surface area contributed by atoms with Crippen LogP contribution in [0.15, 0.2) is 0 Å². The van der Waals surface area contributed by atoms with Gasteiger partial charge in [-0.2, -0.15) is 0 Å². The van der Waals surface area contributed by atoms with Crippen LogP contribution in [0.5, 0.6) is 0 Å². The molecule has 0 amide bonds. The Hall–Kier alpha value is -0.120. The average Bonchev–Trinajstić information content (AvgIpc) is 2.37. The molecule has 3 nitrogen and oxygen atoms in total. The van der Waals surface area contributed by atoms with E-state index in [-0.39, 0.29) is 0 Å². The maximum absolute atomic E-state index is 6.30. The van der Waals surface area contributed by atoms with Gasteiger partial charge in [0.1, 0.15) is 0 Å². The van der Waals surface area contributed by atoms with Crippen molar-refractivity contribution in [2.24, 2.45) is 5.73 Å². The highest BCUT2D eigenvalue weighted by molar-refractivity contribution is 5.01. The summed E-state index contributed by atoms with van der Waals surface area (Å²) in [7, 11) is 2.37. The van der Waals surface area contributed by atoms with Crippen LogP contribution in [-0.2, 0) is 0 Å². The molecule has 3 heteroatoms. The first-order chi connectivity index (χ1) is 9.72. The van der Waals surface area contributed by atoms with Gasteiger partial charge in [-0.1, -0.05) is 12.8 Å². The van der Waals surface area contributed by atoms with Gasteiger partial charge in [-0.25, -0.2) is 0 Å². The first kappa shape index (κ1) is 13.5. The number of hydrogen-bond acceptors (Lipinski definition) is 3. The summed E-state index contributed by atoms with van der Waals surface area (Å²) in [5.74, 6) is 0. The molecule has 4 heterocycles. The van der Waals surface area contributed by atoms with Gasteiger partial charge < -0.3 is 10.6 Å². The second-order valence-corrected chi connectivity index (χ2v) is 7.95. The Bertz CT molecular complexity index is 330. The zero-order valence-corrected chi connectivity index (χ0v) is 13.0. The van der Waals surface area contributed by atoms with E-state index in [1.54, 1.807) is 0 Å². The number of rotatable bonds is 1. The molecule has 0 aromatic heterocycles. The second-order valence-electron chi connectivity index (χ2n) is 7.95. The highest BCUT2D eigenvalue weighted by Crippen LogP contribution is 2.41. The molecule has 4 aliphatic rings. The monoisotopic (exact) mass is 277 g/mol. The Morgan fingerprint density at radius 1 is 0.700 bits per heavy atom. The van der Waals surface area contributed by atoms with E-state index in [2.05, 4.69) is 16.8 Å². The van der Waals surface area contributed by atoms with Gasteiger partial charge in [0.2, 0.25) is 0 Å². The summed E-state index contributed by atoms with van der Waals surface area (Å²) in [5.41, 5.74) is 6.30. The van der Waals surface area contributed by atoms with E-state index in [9.17, 15) is 0 Å². The lowest BCUT2D eigenvalue weighted by Gasteiger charge is -2.56. The van der Waals surface area contributed by atoms with E-state index >= 15 is 0 Å². The lowest BCUT2D eigenvalue weighted by Crippen LogP contribution is -2.63. The van der Waals surface area contributed by atoms with Crippen molar-refractivity contribution in [2.75, 3.05) is 7.05 Å². The highest BCUT2D eigenvalue weighted by Gasteiger charge is 2.45. The molecule has 0 saturated carbocycles. The molecule has 4 bridgehead atoms. The van der Waals surface area contributed by atoms with E-state index in [1.807, 2.05) is 0 Å². The van der Waals surface area contributed by atoms with Gasteiger partial charge >= 0.3 is 0 Å². The summed E-state index contributed by atoms with van der Waals surface area (Å²) in [4.78, 5) is 5.66. The van der Waals surface area contributed by atoms with Crippen molar-refractivity contribution in [3.05, 3.63) is 0 Å². The fourth-order valence-corrected chi connectivity index (χ4v) is 5.89. The highest BCUT2D eigenvalue weighted by atomic mass is 15.3. The van der Waals surface area contributed by atoms with Crippen LogP contribution >= 0.6 is 0 Å². The van der Waals surface area contributed by atoms with E-state index in [1.165, 1.54) is 64.2 Å². The number of hydrogen-bond donors (Lipinski definition) is 1. The zero-order chi connectivity index (χ0) is 13.7. The molecule has 0 aliphatic carbocycles. The summed E-state index contributed by atoms with van der Waals surface area (Å²) >= 11 is 0. The smallest absolute Gasteiger partial charge is 0.0131 e. The Kier molecular flexibility index (Phi) is 3.56. The molecular weight excluding hydrogens is 246 g/mol. The van der Waals surface area contributed by atoms with Crippen molar-refractivity contribution in [3.63, 3.8) is 0 Å². The molecular formula is C17H31N3. The topological polar surface area (TPSA) is 32.5 Å². The van der Waals surface area contributed by atoms with Gasteiger partial charge in [0, 0.05) is 36.3 Å². The molecule has 20 heavy (non-hydrogen) atoms. The normalized spacial score (nSPS) is 50.1. The predicted molar refractivity (Wildman–Crippen MR) is 82.7 cm³/mol. The molecule has 4 rings (SSSR count). The number of nitrogens with zero attached hydrogens (tertiary/aromatic N) is 2. The molecule has 4 fully saturated rings. The standard InChI is InChI=1S/C17H31N3/c1-19-13-4-2-5-14(19)11-17(10-13)20-15-6-3-7-16(20)9-12(18)8-15/h12-17H,2-11,18H2,1H3. The van der Waals surface area contributed by atoms with Crippen LogP contribution in [0.4, 0.5) is 0 Å². The Balaban J connectivity index is 1.52. The van der Waals surface area contributed by atoms with Crippen LogP contribution in [-0.4, -0.2) is 53.1 Å². The number of nitrogens with two attached hydrogens (primary N) is 1. The van der Waals surface area contributed by atoms with E-state index in [0.29, 0.717) is 6.04 Å². The molecule has 4 saturated heterocycles. The fourth-order valence-electron chi connectivity index (χ4n) is 5.89. The summed E-state index contributed by atoms with van der Waals surface area (Å²) < 4.78 is 0. The van der Waals surface area contributed by atoms with Crippen LogP contribution in [0.25, 0.3) is 0 Å². The molecule has 114 valence electrons. The minimum atomic E-state index is 0.479. The molecule has 2 N–H and O–H groups in total. The van der Waals surface area contributed by atoms with E-state index in [4.69, 9.17) is 5.73 Å². The number of piperidine rings is 4. The lowest BCUT2D eigenvalue weighted by atomic mass is 9.76. The lowest BCUT2D eigenvalue weighted by molar-refractivity contribution is -0.0594. The van der Waals surface area contributed by atoms with Crippen LogP contribution in [0.1, 0.15) is 64.2 Å². The predicted octanol–water partition coefficient (Wildman–Crippen LogP) is 2.35. The molecule has 0 spiro atoms. The summed E-state index contributed by atoms with van der Waals surface area (Å²) in [6, 6.07) is 4.70. The Labute approximate surface area is 123 Å². The van der Waals surface area contributed by atoms with Gasteiger partial charge in [0.15, 0.2) is 0 Å². The van der Waals surface area contributed by atoms with Crippen molar-refractivity contribution < 1.29 is 0 Å². The fraction of sp³-hybridized carbons (Fsp3) is 1.00. The molecule has 4 aliphatic heterocycles. The molecule has 0 radical (unpaired) electrons. The van der Waals surface area contributed by atoms with Crippen LogP contribution in [0, 0.1) is 0 Å². The first-order valence-electron chi connectivity index (χ1n) is 8.97. The summed E-state index contributed by atoms with van der Waals surface area (Å²) in [5, 5.41) is 0. The largest absolute Gasteiger partial charge is 0.328 e. The van der Waals surface area contributed by atoms with E-state index < -0.39 is 0 Å². The third kappa shape index (κ3) is 2.22. The first-order valence-corrected chi connectivity index (χ1v) is 8.97. The van der Waals surface area contributed by atoms with Gasteiger partial charge in [0.05, 0.1) is 0 Å².